The summed E-state index contributed by atoms with van der Waals surface area (Å²) in [6.45, 7) is 3.26. The molecule has 0 aliphatic rings. The summed E-state index contributed by atoms with van der Waals surface area (Å²) in [4.78, 5) is 25.3. The van der Waals surface area contributed by atoms with Gasteiger partial charge in [0.25, 0.3) is 5.91 Å². The maximum Gasteiger partial charge on any atom is 0.251 e. The van der Waals surface area contributed by atoms with Crippen molar-refractivity contribution >= 4 is 46.4 Å². The van der Waals surface area contributed by atoms with Gasteiger partial charge in [0.05, 0.1) is 15.7 Å². The van der Waals surface area contributed by atoms with Crippen molar-refractivity contribution in [3.05, 3.63) is 58.1 Å². The highest BCUT2D eigenvalue weighted by Gasteiger charge is 2.15. The van der Waals surface area contributed by atoms with Gasteiger partial charge in [0.2, 0.25) is 5.91 Å². The Balaban J connectivity index is 1.86. The fourth-order valence-electron chi connectivity index (χ4n) is 3.13. The van der Waals surface area contributed by atoms with E-state index in [2.05, 4.69) is 5.32 Å². The number of hydrogen-bond donors (Lipinski definition) is 3. The van der Waals surface area contributed by atoms with E-state index in [0.29, 0.717) is 41.5 Å². The number of nitrogens with one attached hydrogen (secondary N) is 2. The molecule has 0 spiro atoms. The maximum absolute atomic E-state index is 12.3. The molecule has 3 N–H and O–H groups in total. The average Bonchev–Trinajstić information content (AvgIpc) is 2.75. The molecule has 0 saturated heterocycles. The first-order valence-corrected chi connectivity index (χ1v) is 10.8. The van der Waals surface area contributed by atoms with Crippen LogP contribution in [0.2, 0.25) is 10.0 Å². The van der Waals surface area contributed by atoms with Crippen LogP contribution in [-0.2, 0) is 4.79 Å². The van der Waals surface area contributed by atoms with Crippen LogP contribution in [0.25, 0.3) is 0 Å². The molecule has 2 aromatic rings. The van der Waals surface area contributed by atoms with Crippen LogP contribution < -0.4 is 15.7 Å². The Kier molecular flexibility index (Phi) is 9.94. The maximum atomic E-state index is 12.3. The minimum absolute atomic E-state index is 0.125. The van der Waals surface area contributed by atoms with Gasteiger partial charge in [-0.05, 0) is 56.2 Å². The van der Waals surface area contributed by atoms with E-state index in [1.54, 1.807) is 35.8 Å². The number of amides is 2. The van der Waals surface area contributed by atoms with E-state index < -0.39 is 0 Å². The highest BCUT2D eigenvalue weighted by Crippen LogP contribution is 2.37. The Labute approximate surface area is 187 Å². The molecular formula is C22H27Cl2N3O3. The Bertz CT molecular complexity index is 824. The van der Waals surface area contributed by atoms with Crippen molar-refractivity contribution in [1.82, 2.24) is 10.8 Å². The standard InChI is InChI=1S/C22H27Cl2N3O3/c1-2-27(21-18(23)8-7-9-19(21)24)17-13-11-16(12-14-17)22(29)25-15-6-4-3-5-10-20(28)26-30/h7-9,11-14,30H,2-6,10,15H2,1H3,(H,25,29)(H,26,28). The summed E-state index contributed by atoms with van der Waals surface area (Å²) in [5, 5.41) is 12.5. The number of unbranched alkanes of at least 4 members (excludes halogenated alkanes) is 3. The lowest BCUT2D eigenvalue weighted by Crippen LogP contribution is -2.24. The first-order chi connectivity index (χ1) is 14.5. The predicted octanol–water partition coefficient (Wildman–Crippen LogP) is 5.34. The van der Waals surface area contributed by atoms with Gasteiger partial charge in [0, 0.05) is 30.8 Å². The lowest BCUT2D eigenvalue weighted by Gasteiger charge is -2.25. The van der Waals surface area contributed by atoms with Crippen LogP contribution >= 0.6 is 23.2 Å². The van der Waals surface area contributed by atoms with Gasteiger partial charge in [-0.1, -0.05) is 42.1 Å². The Morgan fingerprint density at radius 1 is 0.967 bits per heavy atom. The minimum Gasteiger partial charge on any atom is -0.352 e. The van der Waals surface area contributed by atoms with Crippen molar-refractivity contribution in [1.29, 1.82) is 0 Å². The van der Waals surface area contributed by atoms with Gasteiger partial charge < -0.3 is 10.2 Å². The molecular weight excluding hydrogens is 425 g/mol. The number of carbonyl (C=O) groups excluding carboxylic acids is 2. The SMILES string of the molecule is CCN(c1ccc(C(=O)NCCCCCCC(=O)NO)cc1)c1c(Cl)cccc1Cl. The molecule has 0 aliphatic heterocycles. The van der Waals surface area contributed by atoms with E-state index in [9.17, 15) is 9.59 Å². The van der Waals surface area contributed by atoms with Crippen molar-refractivity contribution in [2.75, 3.05) is 18.0 Å². The molecule has 0 aromatic heterocycles. The molecule has 0 bridgehead atoms. The summed E-state index contributed by atoms with van der Waals surface area (Å²) in [6.07, 6.45) is 3.63. The summed E-state index contributed by atoms with van der Waals surface area (Å²) in [5.41, 5.74) is 3.85. The third-order valence-electron chi connectivity index (χ3n) is 4.71. The zero-order valence-electron chi connectivity index (χ0n) is 17.0. The van der Waals surface area contributed by atoms with E-state index in [-0.39, 0.29) is 11.8 Å². The van der Waals surface area contributed by atoms with Crippen LogP contribution in [0.15, 0.2) is 42.5 Å². The monoisotopic (exact) mass is 451 g/mol. The molecule has 0 radical (unpaired) electrons. The number of nitrogens with zero attached hydrogens (tertiary/aromatic N) is 1. The molecule has 0 fully saturated rings. The fourth-order valence-corrected chi connectivity index (χ4v) is 3.73. The van der Waals surface area contributed by atoms with Gasteiger partial charge in [-0.15, -0.1) is 0 Å². The minimum atomic E-state index is -0.370. The van der Waals surface area contributed by atoms with Gasteiger partial charge in [-0.25, -0.2) is 5.48 Å². The van der Waals surface area contributed by atoms with Crippen LogP contribution in [-0.4, -0.2) is 30.1 Å². The number of hydrogen-bond acceptors (Lipinski definition) is 4. The Hall–Kier alpha value is -2.28. The highest BCUT2D eigenvalue weighted by atomic mass is 35.5. The molecule has 30 heavy (non-hydrogen) atoms. The number of halogens is 2. The zero-order valence-corrected chi connectivity index (χ0v) is 18.5. The molecule has 0 unspecified atom stereocenters. The number of anilines is 2. The van der Waals surface area contributed by atoms with E-state index in [4.69, 9.17) is 28.4 Å². The third kappa shape index (κ3) is 6.90. The number of hydroxylamine groups is 1. The molecule has 0 aliphatic carbocycles. The second-order valence-electron chi connectivity index (χ2n) is 6.82. The highest BCUT2D eigenvalue weighted by molar-refractivity contribution is 6.39. The number of carbonyl (C=O) groups is 2. The summed E-state index contributed by atoms with van der Waals surface area (Å²) < 4.78 is 0. The smallest absolute Gasteiger partial charge is 0.251 e. The second-order valence-corrected chi connectivity index (χ2v) is 7.63. The predicted molar refractivity (Wildman–Crippen MR) is 121 cm³/mol. The Morgan fingerprint density at radius 2 is 1.60 bits per heavy atom. The number of para-hydroxylation sites is 1. The summed E-state index contributed by atoms with van der Waals surface area (Å²) in [5.74, 6) is -0.495. The van der Waals surface area contributed by atoms with Crippen molar-refractivity contribution in [2.45, 2.75) is 39.0 Å². The van der Waals surface area contributed by atoms with Crippen LogP contribution in [0.4, 0.5) is 11.4 Å². The van der Waals surface area contributed by atoms with Crippen LogP contribution in [0.3, 0.4) is 0 Å². The van der Waals surface area contributed by atoms with Crippen molar-refractivity contribution in [3.8, 4) is 0 Å². The fraction of sp³-hybridized carbons (Fsp3) is 0.364. The quantitative estimate of drug-likeness (QED) is 0.244. The van der Waals surface area contributed by atoms with Crippen molar-refractivity contribution < 1.29 is 14.8 Å². The summed E-state index contributed by atoms with van der Waals surface area (Å²) >= 11 is 12.7. The molecule has 2 rings (SSSR count). The van der Waals surface area contributed by atoms with E-state index in [0.717, 1.165) is 30.6 Å². The molecule has 162 valence electrons. The molecule has 0 heterocycles. The zero-order chi connectivity index (χ0) is 21.9. The van der Waals surface area contributed by atoms with Gasteiger partial charge >= 0.3 is 0 Å². The molecule has 2 amide bonds. The third-order valence-corrected chi connectivity index (χ3v) is 5.32. The van der Waals surface area contributed by atoms with E-state index >= 15 is 0 Å². The Morgan fingerprint density at radius 3 is 2.20 bits per heavy atom. The van der Waals surface area contributed by atoms with Crippen LogP contribution in [0.5, 0.6) is 0 Å². The lowest BCUT2D eigenvalue weighted by molar-refractivity contribution is -0.129. The molecule has 2 aromatic carbocycles. The van der Waals surface area contributed by atoms with Gasteiger partial charge in [-0.2, -0.15) is 0 Å². The number of rotatable bonds is 11. The lowest BCUT2D eigenvalue weighted by atomic mass is 10.1. The normalized spacial score (nSPS) is 10.5. The summed E-state index contributed by atoms with van der Waals surface area (Å²) in [6, 6.07) is 12.7. The van der Waals surface area contributed by atoms with E-state index in [1.807, 2.05) is 24.0 Å². The van der Waals surface area contributed by atoms with Crippen molar-refractivity contribution in [2.24, 2.45) is 0 Å². The molecule has 6 nitrogen and oxygen atoms in total. The first-order valence-electron chi connectivity index (χ1n) is 10.0. The average molecular weight is 452 g/mol. The van der Waals surface area contributed by atoms with Gasteiger partial charge in [0.1, 0.15) is 0 Å². The van der Waals surface area contributed by atoms with Gasteiger partial charge in [0.15, 0.2) is 0 Å². The second kappa shape index (κ2) is 12.4. The van der Waals surface area contributed by atoms with Crippen molar-refractivity contribution in [3.63, 3.8) is 0 Å². The van der Waals surface area contributed by atoms with Crippen LogP contribution in [0.1, 0.15) is 49.4 Å². The number of benzene rings is 2. The largest absolute Gasteiger partial charge is 0.352 e. The van der Waals surface area contributed by atoms with E-state index in [1.165, 1.54) is 0 Å². The summed E-state index contributed by atoms with van der Waals surface area (Å²) in [7, 11) is 0. The molecule has 0 saturated carbocycles. The topological polar surface area (TPSA) is 81.7 Å². The van der Waals surface area contributed by atoms with Gasteiger partial charge in [-0.3, -0.25) is 14.8 Å². The molecule has 0 atom stereocenters. The first kappa shape index (κ1) is 24.0. The van der Waals surface area contributed by atoms with Crippen LogP contribution in [0, 0.1) is 0 Å². The molecule has 8 heteroatoms.